The van der Waals surface area contributed by atoms with Gasteiger partial charge in [0.05, 0.1) is 28.2 Å². The Morgan fingerprint density at radius 2 is 1.67 bits per heavy atom. The number of phenols is 2. The Balaban J connectivity index is 0.847. The number of nitrogens with zero attached hydrogens (tertiary/aromatic N) is 6. The maximum atomic E-state index is 16.0. The van der Waals surface area contributed by atoms with Gasteiger partial charge in [-0.25, -0.2) is 9.37 Å². The maximum absolute atomic E-state index is 16.0. The first kappa shape index (κ1) is 51.3. The van der Waals surface area contributed by atoms with Crippen molar-refractivity contribution in [2.24, 2.45) is 11.8 Å². The molecule has 378 valence electrons. The van der Waals surface area contributed by atoms with E-state index in [9.17, 15) is 29.4 Å². The van der Waals surface area contributed by atoms with Crippen molar-refractivity contribution in [3.05, 3.63) is 123 Å². The van der Waals surface area contributed by atoms with Gasteiger partial charge in [-0.05, 0) is 106 Å². The normalized spacial score (nSPS) is 14.8. The van der Waals surface area contributed by atoms with Crippen LogP contribution in [0.5, 0.6) is 11.5 Å². The fourth-order valence-corrected chi connectivity index (χ4v) is 9.36. The fourth-order valence-electron chi connectivity index (χ4n) is 8.95. The Labute approximate surface area is 426 Å². The Hall–Kier alpha value is -7.02. The molecule has 2 aliphatic rings. The fraction of sp³-hybridized carbons (Fsp3) is 0.365. The van der Waals surface area contributed by atoms with Crippen LogP contribution in [0.4, 0.5) is 10.2 Å². The number of halogens is 3. The molecule has 0 bridgehead atoms. The second-order valence-corrected chi connectivity index (χ2v) is 19.6. The Kier molecular flexibility index (Phi) is 15.8. The lowest BCUT2D eigenvalue weighted by atomic mass is 9.91. The standard InChI is InChI=1S/C52H57Cl2FN10O7/c1-6-56-50(69)48-62-61-47(39-19-37(28(2)3)44(66)21-45(39)67)65(48)36-11-10-32(41(55)18-36)24-63-14-12-30(13-15-63)51(70)64-25-34(26-64)52(71)72-27-43(31-8-7-9-35(53)16-31)60-49(68)42-17-33(22-57-42)38-20-46(59-29(4)5)58-23-40(38)54/h7-11,16-23,28-30,34,43,57,66-67H,6,12-15,24-27H2,1-5H3,(H,56,69)(H,58,59)(H,60,68)/t43-/m1/s1. The third-order valence-corrected chi connectivity index (χ3v) is 13.4. The molecule has 0 unspecified atom stereocenters. The second-order valence-electron chi connectivity index (χ2n) is 18.8. The summed E-state index contributed by atoms with van der Waals surface area (Å²) in [6.45, 7) is 11.4. The first-order chi connectivity index (χ1) is 34.5. The van der Waals surface area contributed by atoms with Crippen molar-refractivity contribution in [1.82, 2.24) is 45.2 Å². The summed E-state index contributed by atoms with van der Waals surface area (Å²) in [5, 5.41) is 39.5. The van der Waals surface area contributed by atoms with Crippen molar-refractivity contribution in [1.29, 1.82) is 0 Å². The maximum Gasteiger partial charge on any atom is 0.312 e. The summed E-state index contributed by atoms with van der Waals surface area (Å²) in [7, 11) is 0. The Bertz CT molecular complexity index is 2980. The number of hydrogen-bond donors (Lipinski definition) is 6. The molecule has 6 N–H and O–H groups in total. The number of aromatic hydroxyl groups is 2. The van der Waals surface area contributed by atoms with E-state index in [4.69, 9.17) is 27.9 Å². The monoisotopic (exact) mass is 1020 g/mol. The van der Waals surface area contributed by atoms with Crippen molar-refractivity contribution in [2.75, 3.05) is 44.6 Å². The number of hydrogen-bond acceptors (Lipinski definition) is 12. The minimum absolute atomic E-state index is 0.0445. The third-order valence-electron chi connectivity index (χ3n) is 12.8. The van der Waals surface area contributed by atoms with E-state index in [0.717, 1.165) is 0 Å². The quantitative estimate of drug-likeness (QED) is 0.0476. The lowest BCUT2D eigenvalue weighted by Crippen LogP contribution is -2.56. The van der Waals surface area contributed by atoms with E-state index in [-0.39, 0.29) is 90.1 Å². The van der Waals surface area contributed by atoms with Gasteiger partial charge in [-0.2, -0.15) is 0 Å². The van der Waals surface area contributed by atoms with Gasteiger partial charge in [0.15, 0.2) is 5.82 Å². The van der Waals surface area contributed by atoms with Crippen molar-refractivity contribution >= 4 is 52.7 Å². The van der Waals surface area contributed by atoms with Crippen LogP contribution in [0.25, 0.3) is 28.2 Å². The van der Waals surface area contributed by atoms with E-state index in [0.29, 0.717) is 76.2 Å². The first-order valence-corrected chi connectivity index (χ1v) is 24.7. The molecule has 1 atom stereocenters. The second kappa shape index (κ2) is 22.2. The molecule has 6 aromatic rings. The SMILES string of the molecule is CCNC(=O)c1nnc(-c2cc(C(C)C)c(O)cc2O)n1-c1ccc(CN2CCC(C(=O)N3CC(C(=O)OC[C@@H](NC(=O)c4cc(-c5cc(NC(C)C)ncc5Cl)c[nH]4)c4cccc(Cl)c4)C3)CC2)c(F)c1. The Morgan fingerprint density at radius 3 is 2.36 bits per heavy atom. The zero-order chi connectivity index (χ0) is 51.4. The van der Waals surface area contributed by atoms with Gasteiger partial charge in [-0.1, -0.05) is 55.2 Å². The number of esters is 1. The van der Waals surface area contributed by atoms with Crippen molar-refractivity contribution in [3.63, 3.8) is 0 Å². The van der Waals surface area contributed by atoms with Gasteiger partial charge in [-0.3, -0.25) is 28.6 Å². The molecule has 0 spiro atoms. The molecule has 2 fully saturated rings. The largest absolute Gasteiger partial charge is 0.508 e. The molecule has 3 aromatic heterocycles. The lowest BCUT2D eigenvalue weighted by molar-refractivity contribution is -0.160. The minimum atomic E-state index is -0.744. The number of aromatic amines is 1. The summed E-state index contributed by atoms with van der Waals surface area (Å²) >= 11 is 12.8. The average molecular weight is 1020 g/mol. The van der Waals surface area contributed by atoms with E-state index < -0.39 is 35.6 Å². The number of ether oxygens (including phenoxy) is 1. The number of carbonyl (C=O) groups is 4. The highest BCUT2D eigenvalue weighted by molar-refractivity contribution is 6.33. The predicted molar refractivity (Wildman–Crippen MR) is 271 cm³/mol. The van der Waals surface area contributed by atoms with Gasteiger partial charge in [0.25, 0.3) is 11.8 Å². The molecule has 17 nitrogen and oxygen atoms in total. The summed E-state index contributed by atoms with van der Waals surface area (Å²) in [6, 6.07) is 17.2. The number of amides is 3. The molecular formula is C52H57Cl2FN10O7. The molecule has 0 aliphatic carbocycles. The molecule has 2 saturated heterocycles. The van der Waals surface area contributed by atoms with Gasteiger partial charge in [0.2, 0.25) is 11.7 Å². The van der Waals surface area contributed by atoms with Crippen LogP contribution in [0.1, 0.15) is 97.2 Å². The number of benzene rings is 3. The van der Waals surface area contributed by atoms with E-state index in [1.807, 2.05) is 33.8 Å². The van der Waals surface area contributed by atoms with Crippen LogP contribution in [0.3, 0.4) is 0 Å². The molecule has 2 aliphatic heterocycles. The molecule has 3 amide bonds. The van der Waals surface area contributed by atoms with Gasteiger partial charge >= 0.3 is 5.97 Å². The van der Waals surface area contributed by atoms with Gasteiger partial charge in [0, 0.05) is 78.3 Å². The number of aromatic nitrogens is 5. The smallest absolute Gasteiger partial charge is 0.312 e. The highest BCUT2D eigenvalue weighted by Crippen LogP contribution is 2.39. The minimum Gasteiger partial charge on any atom is -0.508 e. The lowest BCUT2D eigenvalue weighted by Gasteiger charge is -2.41. The van der Waals surface area contributed by atoms with Gasteiger partial charge < -0.3 is 40.8 Å². The predicted octanol–water partition coefficient (Wildman–Crippen LogP) is 8.26. The number of nitrogens with one attached hydrogen (secondary N) is 4. The summed E-state index contributed by atoms with van der Waals surface area (Å²) < 4.78 is 23.2. The van der Waals surface area contributed by atoms with Crippen molar-refractivity contribution < 1.29 is 38.5 Å². The van der Waals surface area contributed by atoms with Crippen LogP contribution in [0, 0.1) is 17.7 Å². The zero-order valence-electron chi connectivity index (χ0n) is 40.5. The number of likely N-dealkylation sites (tertiary alicyclic amines) is 2. The molecule has 0 saturated carbocycles. The third kappa shape index (κ3) is 11.5. The van der Waals surface area contributed by atoms with Crippen LogP contribution in [0.15, 0.2) is 79.1 Å². The summed E-state index contributed by atoms with van der Waals surface area (Å²) in [5.74, 6) is -2.68. The molecule has 5 heterocycles. The van der Waals surface area contributed by atoms with Crippen LogP contribution in [0.2, 0.25) is 10.0 Å². The highest BCUT2D eigenvalue weighted by Gasteiger charge is 2.40. The summed E-state index contributed by atoms with van der Waals surface area (Å²) in [6.07, 6.45) is 4.33. The number of pyridine rings is 1. The van der Waals surface area contributed by atoms with Crippen molar-refractivity contribution in [2.45, 2.75) is 72.0 Å². The van der Waals surface area contributed by atoms with Crippen molar-refractivity contribution in [3.8, 4) is 39.7 Å². The number of carbonyl (C=O) groups excluding carboxylic acids is 4. The van der Waals surface area contributed by atoms with E-state index in [2.05, 4.69) is 41.0 Å². The molecule has 0 radical (unpaired) electrons. The number of piperidine rings is 1. The van der Waals surface area contributed by atoms with Crippen LogP contribution in [-0.4, -0.2) is 114 Å². The number of H-pyrrole nitrogens is 1. The zero-order valence-corrected chi connectivity index (χ0v) is 42.0. The summed E-state index contributed by atoms with van der Waals surface area (Å²) in [4.78, 5) is 64.8. The van der Waals surface area contributed by atoms with Gasteiger partial charge in [-0.15, -0.1) is 10.2 Å². The van der Waals surface area contributed by atoms with Crippen LogP contribution in [-0.2, 0) is 20.9 Å². The van der Waals surface area contributed by atoms with E-state index in [1.165, 1.54) is 16.7 Å². The molecule has 20 heteroatoms. The molecule has 72 heavy (non-hydrogen) atoms. The molecule has 3 aromatic carbocycles. The number of anilines is 1. The van der Waals surface area contributed by atoms with E-state index in [1.54, 1.807) is 72.7 Å². The van der Waals surface area contributed by atoms with Crippen LogP contribution < -0.4 is 16.0 Å². The van der Waals surface area contributed by atoms with E-state index >= 15 is 4.39 Å². The topological polar surface area (TPSA) is 220 Å². The summed E-state index contributed by atoms with van der Waals surface area (Å²) in [5.41, 5.74) is 3.69. The molecular weight excluding hydrogens is 967 g/mol. The number of rotatable bonds is 17. The average Bonchev–Trinajstić information content (AvgIpc) is 4.00. The van der Waals surface area contributed by atoms with Crippen LogP contribution >= 0.6 is 23.2 Å². The number of phenolic OH excluding ortho intramolecular Hbond substituents is 2. The Morgan fingerprint density at radius 1 is 0.903 bits per heavy atom. The molecule has 8 rings (SSSR count). The van der Waals surface area contributed by atoms with Gasteiger partial charge in [0.1, 0.15) is 35.4 Å². The first-order valence-electron chi connectivity index (χ1n) is 23.9. The highest BCUT2D eigenvalue weighted by atomic mass is 35.5.